The van der Waals surface area contributed by atoms with Crippen LogP contribution in [0.15, 0.2) is 18.3 Å². The van der Waals surface area contributed by atoms with Crippen molar-refractivity contribution in [3.8, 4) is 0 Å². The van der Waals surface area contributed by atoms with Gasteiger partial charge in [-0.3, -0.25) is 0 Å². The lowest BCUT2D eigenvalue weighted by Gasteiger charge is -2.27. The van der Waals surface area contributed by atoms with Gasteiger partial charge >= 0.3 is 0 Å². The maximum Gasteiger partial charge on any atom is 0.145 e. The minimum atomic E-state index is -0.808. The highest BCUT2D eigenvalue weighted by molar-refractivity contribution is 6.32. The summed E-state index contributed by atoms with van der Waals surface area (Å²) in [4.78, 5) is 3.99. The lowest BCUT2D eigenvalue weighted by molar-refractivity contribution is 0.147. The van der Waals surface area contributed by atoms with Crippen molar-refractivity contribution in [2.75, 3.05) is 18.5 Å². The van der Waals surface area contributed by atoms with E-state index in [-0.39, 0.29) is 13.2 Å². The van der Waals surface area contributed by atoms with Crippen LogP contribution >= 0.6 is 11.6 Å². The molecule has 0 aliphatic carbocycles. The lowest BCUT2D eigenvalue weighted by Crippen LogP contribution is -2.42. The molecule has 0 saturated carbocycles. The summed E-state index contributed by atoms with van der Waals surface area (Å²) in [7, 11) is 0. The summed E-state index contributed by atoms with van der Waals surface area (Å²) in [5, 5.41) is 21.4. The molecule has 0 unspecified atom stereocenters. The molecule has 0 bridgehead atoms. The minimum Gasteiger partial charge on any atom is -0.394 e. The first-order valence-corrected chi connectivity index (χ1v) is 4.59. The number of aliphatic hydroxyl groups is 2. The number of halogens is 1. The van der Waals surface area contributed by atoms with Gasteiger partial charge in [0.05, 0.1) is 23.8 Å². The highest BCUT2D eigenvalue weighted by Crippen LogP contribution is 2.21. The van der Waals surface area contributed by atoms with Crippen LogP contribution in [0, 0.1) is 0 Å². The molecule has 4 nitrogen and oxygen atoms in total. The van der Waals surface area contributed by atoms with Gasteiger partial charge in [0.1, 0.15) is 5.82 Å². The highest BCUT2D eigenvalue weighted by Gasteiger charge is 2.23. The van der Waals surface area contributed by atoms with Crippen LogP contribution in [0.5, 0.6) is 0 Å². The average Bonchev–Trinajstić information content (AvgIpc) is 2.21. The molecular formula is C9H13ClN2O2. The SMILES string of the molecule is CC(CO)(CO)Nc1ncccc1Cl. The highest BCUT2D eigenvalue weighted by atomic mass is 35.5. The number of nitrogens with one attached hydrogen (secondary N) is 1. The Morgan fingerprint density at radius 3 is 2.64 bits per heavy atom. The van der Waals surface area contributed by atoms with Gasteiger partial charge in [0, 0.05) is 6.20 Å². The zero-order valence-corrected chi connectivity index (χ0v) is 8.62. The number of anilines is 1. The van der Waals surface area contributed by atoms with E-state index in [1.807, 2.05) is 0 Å². The minimum absolute atomic E-state index is 0.198. The van der Waals surface area contributed by atoms with Gasteiger partial charge < -0.3 is 15.5 Å². The van der Waals surface area contributed by atoms with Gasteiger partial charge in [0.15, 0.2) is 0 Å². The van der Waals surface area contributed by atoms with E-state index in [0.717, 1.165) is 0 Å². The smallest absolute Gasteiger partial charge is 0.145 e. The van der Waals surface area contributed by atoms with E-state index < -0.39 is 5.54 Å². The Morgan fingerprint density at radius 2 is 2.14 bits per heavy atom. The summed E-state index contributed by atoms with van der Waals surface area (Å²) in [6.07, 6.45) is 1.59. The number of aromatic nitrogens is 1. The van der Waals surface area contributed by atoms with Crippen LogP contribution < -0.4 is 5.32 Å². The van der Waals surface area contributed by atoms with Gasteiger partial charge in [-0.15, -0.1) is 0 Å². The predicted molar refractivity (Wildman–Crippen MR) is 55.4 cm³/mol. The van der Waals surface area contributed by atoms with Crippen LogP contribution in [-0.2, 0) is 0 Å². The molecule has 0 fully saturated rings. The molecule has 14 heavy (non-hydrogen) atoms. The number of aliphatic hydroxyl groups excluding tert-OH is 2. The Bertz CT molecular complexity index is 303. The molecule has 0 saturated heterocycles. The van der Waals surface area contributed by atoms with Crippen molar-refractivity contribution in [3.05, 3.63) is 23.4 Å². The zero-order valence-electron chi connectivity index (χ0n) is 7.87. The van der Waals surface area contributed by atoms with Gasteiger partial charge in [0.25, 0.3) is 0 Å². The molecule has 5 heteroatoms. The Labute approximate surface area is 87.6 Å². The van der Waals surface area contributed by atoms with Crippen molar-refractivity contribution in [2.24, 2.45) is 0 Å². The topological polar surface area (TPSA) is 65.4 Å². The fourth-order valence-electron chi connectivity index (χ4n) is 0.893. The third kappa shape index (κ3) is 2.57. The van der Waals surface area contributed by atoms with Crippen LogP contribution in [0.3, 0.4) is 0 Å². The normalized spacial score (nSPS) is 11.4. The van der Waals surface area contributed by atoms with E-state index in [4.69, 9.17) is 21.8 Å². The number of hydrogen-bond donors (Lipinski definition) is 3. The Hall–Kier alpha value is -0.840. The number of nitrogens with zero attached hydrogens (tertiary/aromatic N) is 1. The molecule has 1 heterocycles. The molecule has 0 aliphatic rings. The van der Waals surface area contributed by atoms with E-state index in [2.05, 4.69) is 10.3 Å². The molecule has 0 aromatic carbocycles. The fourth-order valence-corrected chi connectivity index (χ4v) is 1.06. The van der Waals surface area contributed by atoms with Crippen LogP contribution in [0.2, 0.25) is 5.02 Å². The van der Waals surface area contributed by atoms with Crippen LogP contribution in [0.1, 0.15) is 6.92 Å². The molecule has 0 amide bonds. The monoisotopic (exact) mass is 216 g/mol. The van der Waals surface area contributed by atoms with Gasteiger partial charge in [0.2, 0.25) is 0 Å². The summed E-state index contributed by atoms with van der Waals surface area (Å²) < 4.78 is 0. The first-order valence-electron chi connectivity index (χ1n) is 4.22. The molecule has 0 spiro atoms. The van der Waals surface area contributed by atoms with Gasteiger partial charge in [-0.2, -0.15) is 0 Å². The second-order valence-electron chi connectivity index (χ2n) is 3.34. The van der Waals surface area contributed by atoms with Crippen molar-refractivity contribution in [1.82, 2.24) is 4.98 Å². The van der Waals surface area contributed by atoms with E-state index >= 15 is 0 Å². The third-order valence-electron chi connectivity index (χ3n) is 1.88. The molecule has 78 valence electrons. The summed E-state index contributed by atoms with van der Waals surface area (Å²) >= 11 is 5.86. The summed E-state index contributed by atoms with van der Waals surface area (Å²) in [5.41, 5.74) is -0.808. The standard InChI is InChI=1S/C9H13ClN2O2/c1-9(5-13,6-14)12-8-7(10)3-2-4-11-8/h2-4,13-14H,5-6H2,1H3,(H,11,12). The quantitative estimate of drug-likeness (QED) is 0.700. The van der Waals surface area contributed by atoms with Crippen molar-refractivity contribution < 1.29 is 10.2 Å². The molecule has 3 N–H and O–H groups in total. The molecular weight excluding hydrogens is 204 g/mol. The van der Waals surface area contributed by atoms with Crippen molar-refractivity contribution in [1.29, 1.82) is 0 Å². The molecule has 0 aliphatic heterocycles. The maximum atomic E-state index is 9.04. The largest absolute Gasteiger partial charge is 0.394 e. The fraction of sp³-hybridized carbons (Fsp3) is 0.444. The van der Waals surface area contributed by atoms with Crippen LogP contribution in [0.4, 0.5) is 5.82 Å². The Morgan fingerprint density at radius 1 is 1.50 bits per heavy atom. The van der Waals surface area contributed by atoms with Gasteiger partial charge in [-0.05, 0) is 19.1 Å². The number of hydrogen-bond acceptors (Lipinski definition) is 4. The van der Waals surface area contributed by atoms with Crippen molar-refractivity contribution >= 4 is 17.4 Å². The number of rotatable bonds is 4. The molecule has 0 atom stereocenters. The first-order chi connectivity index (χ1) is 6.61. The third-order valence-corrected chi connectivity index (χ3v) is 2.18. The van der Waals surface area contributed by atoms with Gasteiger partial charge in [-0.25, -0.2) is 4.98 Å². The second-order valence-corrected chi connectivity index (χ2v) is 3.74. The lowest BCUT2D eigenvalue weighted by atomic mass is 10.1. The Kier molecular flexibility index (Phi) is 3.69. The van der Waals surface area contributed by atoms with E-state index in [9.17, 15) is 0 Å². The van der Waals surface area contributed by atoms with Crippen molar-refractivity contribution in [2.45, 2.75) is 12.5 Å². The molecule has 1 aromatic heterocycles. The van der Waals surface area contributed by atoms with E-state index in [1.54, 1.807) is 25.3 Å². The zero-order chi connectivity index (χ0) is 10.6. The number of pyridine rings is 1. The van der Waals surface area contributed by atoms with Crippen LogP contribution in [0.25, 0.3) is 0 Å². The molecule has 1 rings (SSSR count). The van der Waals surface area contributed by atoms with Gasteiger partial charge in [-0.1, -0.05) is 11.6 Å². The van der Waals surface area contributed by atoms with E-state index in [0.29, 0.717) is 10.8 Å². The second kappa shape index (κ2) is 4.59. The van der Waals surface area contributed by atoms with E-state index in [1.165, 1.54) is 0 Å². The first kappa shape index (κ1) is 11.2. The summed E-state index contributed by atoms with van der Waals surface area (Å²) in [6, 6.07) is 3.40. The Balaban J connectivity index is 2.82. The van der Waals surface area contributed by atoms with Crippen LogP contribution in [-0.4, -0.2) is 33.9 Å². The predicted octanol–water partition coefficient (Wildman–Crippen LogP) is 0.890. The molecule has 0 radical (unpaired) electrons. The summed E-state index contributed by atoms with van der Waals surface area (Å²) in [5.74, 6) is 0.458. The average molecular weight is 217 g/mol. The summed E-state index contributed by atoms with van der Waals surface area (Å²) in [6.45, 7) is 1.28. The van der Waals surface area contributed by atoms with Crippen molar-refractivity contribution in [3.63, 3.8) is 0 Å². The maximum absolute atomic E-state index is 9.04. The molecule has 1 aromatic rings.